The number of thiophene rings is 1. The molecule has 5 heteroatoms. The molecule has 0 aliphatic carbocycles. The number of aromatic amines is 1. The van der Waals surface area contributed by atoms with Crippen molar-refractivity contribution in [3.63, 3.8) is 0 Å². The number of H-pyrrole nitrogens is 1. The molecule has 1 unspecified atom stereocenters. The molecule has 2 N–H and O–H groups in total. The van der Waals surface area contributed by atoms with E-state index >= 15 is 0 Å². The molecular formula is C17H17N3OS. The van der Waals surface area contributed by atoms with Crippen LogP contribution in [0.4, 0.5) is 0 Å². The summed E-state index contributed by atoms with van der Waals surface area (Å²) in [5.74, 6) is -0.147. The fourth-order valence-electron chi connectivity index (χ4n) is 2.19. The number of amides is 1. The van der Waals surface area contributed by atoms with Crippen LogP contribution in [0.2, 0.25) is 0 Å². The summed E-state index contributed by atoms with van der Waals surface area (Å²) in [4.78, 5) is 13.4. The van der Waals surface area contributed by atoms with Gasteiger partial charge >= 0.3 is 0 Å². The second kappa shape index (κ2) is 6.15. The van der Waals surface area contributed by atoms with Crippen molar-refractivity contribution in [3.05, 3.63) is 64.0 Å². The van der Waals surface area contributed by atoms with Crippen LogP contribution in [-0.2, 0) is 0 Å². The van der Waals surface area contributed by atoms with E-state index in [1.807, 2.05) is 55.6 Å². The van der Waals surface area contributed by atoms with Crippen LogP contribution in [0.5, 0.6) is 0 Å². The minimum atomic E-state index is -0.147. The Morgan fingerprint density at radius 1 is 1.27 bits per heavy atom. The summed E-state index contributed by atoms with van der Waals surface area (Å²) in [5.41, 5.74) is 3.43. The lowest BCUT2D eigenvalue weighted by atomic mass is 10.1. The maximum absolute atomic E-state index is 12.3. The third kappa shape index (κ3) is 3.09. The van der Waals surface area contributed by atoms with E-state index in [4.69, 9.17) is 0 Å². The smallest absolute Gasteiger partial charge is 0.269 e. The molecule has 0 aliphatic rings. The Labute approximate surface area is 133 Å². The number of aromatic nitrogens is 2. The highest BCUT2D eigenvalue weighted by atomic mass is 32.1. The molecule has 3 aromatic rings. The van der Waals surface area contributed by atoms with Crippen molar-refractivity contribution in [2.45, 2.75) is 19.9 Å². The first-order chi connectivity index (χ1) is 10.6. The molecule has 4 nitrogen and oxygen atoms in total. The van der Waals surface area contributed by atoms with Gasteiger partial charge in [0.1, 0.15) is 5.69 Å². The molecule has 2 heterocycles. The molecular weight excluding hydrogens is 294 g/mol. The number of nitrogens with one attached hydrogen (secondary N) is 2. The molecule has 2 aromatic heterocycles. The van der Waals surface area contributed by atoms with Gasteiger partial charge in [-0.1, -0.05) is 35.9 Å². The third-order valence-corrected chi connectivity index (χ3v) is 4.54. The van der Waals surface area contributed by atoms with Crippen LogP contribution in [0.15, 0.2) is 47.8 Å². The molecule has 0 bridgehead atoms. The minimum absolute atomic E-state index is 0.0152. The number of carbonyl (C=O) groups excluding carboxylic acids is 1. The first-order valence-electron chi connectivity index (χ1n) is 7.10. The van der Waals surface area contributed by atoms with E-state index in [9.17, 15) is 4.79 Å². The highest BCUT2D eigenvalue weighted by Crippen LogP contribution is 2.20. The predicted molar refractivity (Wildman–Crippen MR) is 89.0 cm³/mol. The van der Waals surface area contributed by atoms with Crippen molar-refractivity contribution in [1.29, 1.82) is 0 Å². The fourth-order valence-corrected chi connectivity index (χ4v) is 2.93. The average Bonchev–Trinajstić information content (AvgIpc) is 3.20. The van der Waals surface area contributed by atoms with Crippen LogP contribution < -0.4 is 5.32 Å². The molecule has 1 aromatic carbocycles. The van der Waals surface area contributed by atoms with E-state index in [1.165, 1.54) is 5.56 Å². The van der Waals surface area contributed by atoms with Gasteiger partial charge in [0.15, 0.2) is 0 Å². The fraction of sp³-hybridized carbons (Fsp3) is 0.176. The summed E-state index contributed by atoms with van der Waals surface area (Å²) < 4.78 is 0. The van der Waals surface area contributed by atoms with Gasteiger partial charge in [0.25, 0.3) is 5.91 Å². The van der Waals surface area contributed by atoms with E-state index < -0.39 is 0 Å². The van der Waals surface area contributed by atoms with Crippen molar-refractivity contribution in [1.82, 2.24) is 15.5 Å². The summed E-state index contributed by atoms with van der Waals surface area (Å²) in [6, 6.07) is 13.8. The Morgan fingerprint density at radius 3 is 2.73 bits per heavy atom. The normalized spacial score (nSPS) is 12.1. The highest BCUT2D eigenvalue weighted by Gasteiger charge is 2.15. The zero-order valence-corrected chi connectivity index (χ0v) is 13.3. The minimum Gasteiger partial charge on any atom is -0.343 e. The number of aryl methyl sites for hydroxylation is 1. The molecule has 1 atom stereocenters. The number of hydrogen-bond acceptors (Lipinski definition) is 3. The first-order valence-corrected chi connectivity index (χ1v) is 7.98. The molecule has 112 valence electrons. The second-order valence-electron chi connectivity index (χ2n) is 5.24. The van der Waals surface area contributed by atoms with Crippen molar-refractivity contribution in [2.75, 3.05) is 0 Å². The van der Waals surface area contributed by atoms with Gasteiger partial charge < -0.3 is 5.32 Å². The molecule has 0 radical (unpaired) electrons. The lowest BCUT2D eigenvalue weighted by molar-refractivity contribution is 0.0935. The lowest BCUT2D eigenvalue weighted by Crippen LogP contribution is -2.26. The van der Waals surface area contributed by atoms with E-state index in [0.29, 0.717) is 5.69 Å². The van der Waals surface area contributed by atoms with Crippen molar-refractivity contribution in [3.8, 4) is 11.3 Å². The van der Waals surface area contributed by atoms with Gasteiger partial charge in [-0.05, 0) is 31.4 Å². The molecule has 0 aliphatic heterocycles. The van der Waals surface area contributed by atoms with E-state index in [1.54, 1.807) is 17.4 Å². The van der Waals surface area contributed by atoms with Gasteiger partial charge in [-0.2, -0.15) is 5.10 Å². The monoisotopic (exact) mass is 311 g/mol. The van der Waals surface area contributed by atoms with Crippen molar-refractivity contribution < 1.29 is 4.79 Å². The van der Waals surface area contributed by atoms with Gasteiger partial charge in [-0.25, -0.2) is 0 Å². The summed E-state index contributed by atoms with van der Waals surface area (Å²) in [7, 11) is 0. The Kier molecular flexibility index (Phi) is 4.06. The van der Waals surface area contributed by atoms with Gasteiger partial charge in [-0.15, -0.1) is 11.3 Å². The topological polar surface area (TPSA) is 57.8 Å². The SMILES string of the molecule is Cc1ccc(-c2cc(C(=O)NC(C)c3cccs3)[nH]n2)cc1. The van der Waals surface area contributed by atoms with Crippen LogP contribution in [0.3, 0.4) is 0 Å². The maximum Gasteiger partial charge on any atom is 0.269 e. The van der Waals surface area contributed by atoms with Crippen LogP contribution in [0.25, 0.3) is 11.3 Å². The summed E-state index contributed by atoms with van der Waals surface area (Å²) >= 11 is 1.63. The molecule has 0 saturated carbocycles. The molecule has 0 saturated heterocycles. The highest BCUT2D eigenvalue weighted by molar-refractivity contribution is 7.10. The van der Waals surface area contributed by atoms with Crippen LogP contribution in [-0.4, -0.2) is 16.1 Å². The number of hydrogen-bond donors (Lipinski definition) is 2. The Bertz CT molecular complexity index is 760. The van der Waals surface area contributed by atoms with Gasteiger partial charge in [0.2, 0.25) is 0 Å². The Morgan fingerprint density at radius 2 is 2.05 bits per heavy atom. The molecule has 1 amide bonds. The summed E-state index contributed by atoms with van der Waals surface area (Å²) in [6.45, 7) is 4.01. The first kappa shape index (κ1) is 14.5. The lowest BCUT2D eigenvalue weighted by Gasteiger charge is -2.10. The average molecular weight is 311 g/mol. The van der Waals surface area contributed by atoms with E-state index in [0.717, 1.165) is 16.1 Å². The summed E-state index contributed by atoms with van der Waals surface area (Å²) in [6.07, 6.45) is 0. The molecule has 0 spiro atoms. The van der Waals surface area contributed by atoms with Gasteiger partial charge in [0.05, 0.1) is 11.7 Å². The largest absolute Gasteiger partial charge is 0.343 e. The number of carbonyl (C=O) groups is 1. The van der Waals surface area contributed by atoms with E-state index in [-0.39, 0.29) is 11.9 Å². The Balaban J connectivity index is 1.73. The van der Waals surface area contributed by atoms with Crippen molar-refractivity contribution >= 4 is 17.2 Å². The number of benzene rings is 1. The van der Waals surface area contributed by atoms with Gasteiger partial charge in [0, 0.05) is 10.4 Å². The maximum atomic E-state index is 12.3. The van der Waals surface area contributed by atoms with Crippen molar-refractivity contribution in [2.24, 2.45) is 0 Å². The zero-order chi connectivity index (χ0) is 15.5. The summed E-state index contributed by atoms with van der Waals surface area (Å²) in [5, 5.41) is 12.0. The zero-order valence-electron chi connectivity index (χ0n) is 12.5. The second-order valence-corrected chi connectivity index (χ2v) is 6.22. The molecule has 22 heavy (non-hydrogen) atoms. The van der Waals surface area contributed by atoms with Gasteiger partial charge in [-0.3, -0.25) is 9.89 Å². The van der Waals surface area contributed by atoms with Crippen LogP contribution in [0.1, 0.15) is 33.9 Å². The molecule has 3 rings (SSSR count). The van der Waals surface area contributed by atoms with Crippen LogP contribution >= 0.6 is 11.3 Å². The third-order valence-electron chi connectivity index (χ3n) is 3.49. The predicted octanol–water partition coefficient (Wildman–Crippen LogP) is 3.94. The molecule has 0 fully saturated rings. The van der Waals surface area contributed by atoms with Crippen LogP contribution in [0, 0.1) is 6.92 Å². The number of rotatable bonds is 4. The number of nitrogens with zero attached hydrogens (tertiary/aromatic N) is 1. The quantitative estimate of drug-likeness (QED) is 0.767. The standard InChI is InChI=1S/C17H17N3OS/c1-11-5-7-13(8-6-11)14-10-15(20-19-14)17(21)18-12(2)16-4-3-9-22-16/h3-10,12H,1-2H3,(H,18,21)(H,19,20). The van der Waals surface area contributed by atoms with E-state index in [2.05, 4.69) is 15.5 Å². The Hall–Kier alpha value is -2.40.